The molecule has 1 aliphatic rings. The molecule has 2 aromatic heterocycles. The molecule has 1 amide bonds. The van der Waals surface area contributed by atoms with Crippen LogP contribution in [-0.2, 0) is 12.1 Å². The predicted molar refractivity (Wildman–Crippen MR) is 91.8 cm³/mol. The van der Waals surface area contributed by atoms with Gasteiger partial charge in [-0.3, -0.25) is 4.79 Å². The highest BCUT2D eigenvalue weighted by atomic mass is 35.5. The Kier molecular flexibility index (Phi) is 3.23. The number of aryl methyl sites for hydroxylation is 1. The fraction of sp³-hybridized carbons (Fsp3) is 0.278. The molecule has 2 heterocycles. The van der Waals surface area contributed by atoms with Crippen molar-refractivity contribution in [1.82, 2.24) is 14.9 Å². The maximum atomic E-state index is 12.6. The first-order valence-electron chi connectivity index (χ1n) is 7.87. The lowest BCUT2D eigenvalue weighted by molar-refractivity contribution is 0.0926. The SMILES string of the molecule is CCn1ccc(C2(NC(=O)c3cc4cc(Cl)ccc4[nH]3)CC2)c1. The van der Waals surface area contributed by atoms with Gasteiger partial charge >= 0.3 is 0 Å². The quantitative estimate of drug-likeness (QED) is 0.746. The number of nitrogens with zero attached hydrogens (tertiary/aromatic N) is 1. The number of halogens is 1. The van der Waals surface area contributed by atoms with Gasteiger partial charge in [0.1, 0.15) is 5.69 Å². The van der Waals surface area contributed by atoms with Crippen LogP contribution in [0.25, 0.3) is 10.9 Å². The van der Waals surface area contributed by atoms with E-state index in [4.69, 9.17) is 11.6 Å². The van der Waals surface area contributed by atoms with Gasteiger partial charge in [-0.2, -0.15) is 0 Å². The highest BCUT2D eigenvalue weighted by molar-refractivity contribution is 6.31. The molecule has 5 heteroatoms. The minimum absolute atomic E-state index is 0.0703. The first-order chi connectivity index (χ1) is 11.1. The Morgan fingerprint density at radius 1 is 1.35 bits per heavy atom. The lowest BCUT2D eigenvalue weighted by Crippen LogP contribution is -2.34. The van der Waals surface area contributed by atoms with Crippen molar-refractivity contribution in [3.63, 3.8) is 0 Å². The average Bonchev–Trinajstić information content (AvgIpc) is 3.01. The fourth-order valence-electron chi connectivity index (χ4n) is 3.04. The molecule has 4 rings (SSSR count). The monoisotopic (exact) mass is 327 g/mol. The maximum Gasteiger partial charge on any atom is 0.268 e. The molecule has 0 spiro atoms. The van der Waals surface area contributed by atoms with Gasteiger partial charge in [0.15, 0.2) is 0 Å². The van der Waals surface area contributed by atoms with Crippen molar-refractivity contribution in [2.45, 2.75) is 31.8 Å². The normalized spacial score (nSPS) is 15.7. The summed E-state index contributed by atoms with van der Waals surface area (Å²) in [7, 11) is 0. The summed E-state index contributed by atoms with van der Waals surface area (Å²) in [5.41, 5.74) is 2.48. The third-order valence-electron chi connectivity index (χ3n) is 4.60. The topological polar surface area (TPSA) is 49.8 Å². The molecule has 1 fully saturated rings. The van der Waals surface area contributed by atoms with E-state index in [0.717, 1.165) is 30.3 Å². The zero-order chi connectivity index (χ0) is 16.0. The van der Waals surface area contributed by atoms with Crippen LogP contribution in [0.2, 0.25) is 5.02 Å². The number of H-pyrrole nitrogens is 1. The summed E-state index contributed by atoms with van der Waals surface area (Å²) in [5.74, 6) is -0.0703. The molecule has 1 aromatic carbocycles. The van der Waals surface area contributed by atoms with Gasteiger partial charge in [-0.15, -0.1) is 0 Å². The summed E-state index contributed by atoms with van der Waals surface area (Å²) in [6, 6.07) is 9.52. The van der Waals surface area contributed by atoms with Crippen molar-refractivity contribution in [1.29, 1.82) is 0 Å². The molecule has 4 nitrogen and oxygen atoms in total. The Labute approximate surface area is 139 Å². The van der Waals surface area contributed by atoms with E-state index in [1.807, 2.05) is 24.3 Å². The molecular weight excluding hydrogens is 310 g/mol. The van der Waals surface area contributed by atoms with Gasteiger partial charge in [0.2, 0.25) is 0 Å². The van der Waals surface area contributed by atoms with Crippen molar-refractivity contribution in [3.8, 4) is 0 Å². The Hall–Kier alpha value is -2.20. The maximum absolute atomic E-state index is 12.6. The second-order valence-electron chi connectivity index (χ2n) is 6.18. The van der Waals surface area contributed by atoms with Gasteiger partial charge in [0, 0.05) is 34.9 Å². The number of fused-ring (bicyclic) bond motifs is 1. The summed E-state index contributed by atoms with van der Waals surface area (Å²) < 4.78 is 2.13. The second kappa shape index (κ2) is 5.17. The first-order valence-corrected chi connectivity index (χ1v) is 8.24. The molecule has 3 aromatic rings. The summed E-state index contributed by atoms with van der Waals surface area (Å²) in [5, 5.41) is 4.81. The Morgan fingerprint density at radius 2 is 2.17 bits per heavy atom. The van der Waals surface area contributed by atoms with Gasteiger partial charge in [0.25, 0.3) is 5.91 Å². The van der Waals surface area contributed by atoms with Crippen LogP contribution in [0, 0.1) is 0 Å². The fourth-order valence-corrected chi connectivity index (χ4v) is 3.22. The third kappa shape index (κ3) is 2.53. The summed E-state index contributed by atoms with van der Waals surface area (Å²) in [4.78, 5) is 15.8. The summed E-state index contributed by atoms with van der Waals surface area (Å²) >= 11 is 6.00. The minimum atomic E-state index is -0.202. The van der Waals surface area contributed by atoms with E-state index in [1.165, 1.54) is 5.56 Å². The Bertz CT molecular complexity index is 889. The van der Waals surface area contributed by atoms with E-state index < -0.39 is 0 Å². The van der Waals surface area contributed by atoms with Crippen molar-refractivity contribution in [2.24, 2.45) is 0 Å². The van der Waals surface area contributed by atoms with E-state index in [0.29, 0.717) is 10.7 Å². The van der Waals surface area contributed by atoms with Crippen molar-refractivity contribution in [3.05, 3.63) is 59.0 Å². The highest BCUT2D eigenvalue weighted by Gasteiger charge is 2.46. The van der Waals surface area contributed by atoms with E-state index in [1.54, 1.807) is 0 Å². The second-order valence-corrected chi connectivity index (χ2v) is 6.62. The van der Waals surface area contributed by atoms with Crippen molar-refractivity contribution >= 4 is 28.4 Å². The van der Waals surface area contributed by atoms with Gasteiger partial charge in [-0.25, -0.2) is 0 Å². The number of nitrogens with one attached hydrogen (secondary N) is 2. The zero-order valence-electron chi connectivity index (χ0n) is 12.9. The number of benzene rings is 1. The number of aromatic nitrogens is 2. The van der Waals surface area contributed by atoms with Crippen LogP contribution in [0.1, 0.15) is 35.8 Å². The van der Waals surface area contributed by atoms with Gasteiger partial charge in [-0.05, 0) is 55.7 Å². The highest BCUT2D eigenvalue weighted by Crippen LogP contribution is 2.45. The van der Waals surface area contributed by atoms with Crippen LogP contribution >= 0.6 is 11.6 Å². The number of carbonyl (C=O) groups is 1. The third-order valence-corrected chi connectivity index (χ3v) is 4.83. The number of amides is 1. The van der Waals surface area contributed by atoms with Crippen LogP contribution in [0.3, 0.4) is 0 Å². The average molecular weight is 328 g/mol. The van der Waals surface area contributed by atoms with Crippen LogP contribution in [-0.4, -0.2) is 15.5 Å². The van der Waals surface area contributed by atoms with E-state index >= 15 is 0 Å². The smallest absolute Gasteiger partial charge is 0.268 e. The van der Waals surface area contributed by atoms with Gasteiger partial charge < -0.3 is 14.9 Å². The van der Waals surface area contributed by atoms with Crippen molar-refractivity contribution in [2.75, 3.05) is 0 Å². The lowest BCUT2D eigenvalue weighted by Gasteiger charge is -2.15. The largest absolute Gasteiger partial charge is 0.354 e. The molecule has 0 unspecified atom stereocenters. The minimum Gasteiger partial charge on any atom is -0.354 e. The molecule has 118 valence electrons. The number of hydrogen-bond acceptors (Lipinski definition) is 1. The number of carbonyl (C=O) groups excluding carboxylic acids is 1. The molecule has 0 atom stereocenters. The van der Waals surface area contributed by atoms with E-state index in [-0.39, 0.29) is 11.4 Å². The molecule has 0 aliphatic heterocycles. The molecule has 1 saturated carbocycles. The predicted octanol–water partition coefficient (Wildman–Crippen LogP) is 4.06. The number of rotatable bonds is 4. The molecule has 0 bridgehead atoms. The molecule has 23 heavy (non-hydrogen) atoms. The van der Waals surface area contributed by atoms with Crippen LogP contribution in [0.5, 0.6) is 0 Å². The van der Waals surface area contributed by atoms with Gasteiger partial charge in [-0.1, -0.05) is 11.6 Å². The zero-order valence-corrected chi connectivity index (χ0v) is 13.7. The molecular formula is C18H18ClN3O. The van der Waals surface area contributed by atoms with Crippen molar-refractivity contribution < 1.29 is 4.79 Å². The molecule has 0 radical (unpaired) electrons. The Morgan fingerprint density at radius 3 is 2.87 bits per heavy atom. The van der Waals surface area contributed by atoms with Crippen LogP contribution in [0.15, 0.2) is 42.7 Å². The Balaban J connectivity index is 1.59. The summed E-state index contributed by atoms with van der Waals surface area (Å²) in [6.45, 7) is 3.05. The molecule has 2 N–H and O–H groups in total. The molecule has 0 saturated heterocycles. The number of hydrogen-bond donors (Lipinski definition) is 2. The van der Waals surface area contributed by atoms with Crippen LogP contribution in [0.4, 0.5) is 0 Å². The standard InChI is InChI=1S/C18H18ClN3O/c1-2-22-8-5-13(11-22)18(6-7-18)21-17(23)16-10-12-9-14(19)3-4-15(12)20-16/h3-5,8-11,20H,2,6-7H2,1H3,(H,21,23). The number of aromatic amines is 1. The first kappa shape index (κ1) is 14.4. The summed E-state index contributed by atoms with van der Waals surface area (Å²) in [6.07, 6.45) is 6.15. The lowest BCUT2D eigenvalue weighted by atomic mass is 10.1. The van der Waals surface area contributed by atoms with E-state index in [2.05, 4.69) is 40.3 Å². The molecule has 1 aliphatic carbocycles. The van der Waals surface area contributed by atoms with Crippen LogP contribution < -0.4 is 5.32 Å². The van der Waals surface area contributed by atoms with E-state index in [9.17, 15) is 4.79 Å². The van der Waals surface area contributed by atoms with Gasteiger partial charge in [0.05, 0.1) is 5.54 Å².